The normalized spacial score (nSPS) is 10.2. The van der Waals surface area contributed by atoms with Gasteiger partial charge in [-0.05, 0) is 52.9 Å². The van der Waals surface area contributed by atoms with Crippen LogP contribution in [0.5, 0.6) is 0 Å². The molecule has 0 radical (unpaired) electrons. The van der Waals surface area contributed by atoms with Gasteiger partial charge >= 0.3 is 5.97 Å². The molecule has 0 fully saturated rings. The molecule has 0 aliphatic rings. The number of halogens is 2. The predicted molar refractivity (Wildman–Crippen MR) is 87.5 cm³/mol. The Balaban J connectivity index is 2.48. The van der Waals surface area contributed by atoms with Crippen molar-refractivity contribution in [3.63, 3.8) is 0 Å². The molecule has 108 valence electrons. The molecule has 0 aromatic heterocycles. The fourth-order valence-corrected chi connectivity index (χ4v) is 2.67. The Kier molecular flexibility index (Phi) is 4.63. The van der Waals surface area contributed by atoms with Gasteiger partial charge in [0.25, 0.3) is 5.69 Å². The molecule has 8 heteroatoms. The lowest BCUT2D eigenvalue weighted by Gasteiger charge is -2.10. The van der Waals surface area contributed by atoms with Gasteiger partial charge in [0.05, 0.1) is 16.2 Å². The average molecular weight is 419 g/mol. The summed E-state index contributed by atoms with van der Waals surface area (Å²) in [5, 5.41) is 23.4. The summed E-state index contributed by atoms with van der Waals surface area (Å²) in [5.41, 5.74) is 0.476. The second-order valence-electron chi connectivity index (χ2n) is 4.04. The van der Waals surface area contributed by atoms with Gasteiger partial charge < -0.3 is 10.4 Å². The first kappa shape index (κ1) is 15.5. The highest BCUT2D eigenvalue weighted by atomic mass is 127. The van der Waals surface area contributed by atoms with E-state index in [1.165, 1.54) is 12.1 Å². The van der Waals surface area contributed by atoms with Crippen molar-refractivity contribution in [2.45, 2.75) is 0 Å². The molecule has 2 aromatic carbocycles. The summed E-state index contributed by atoms with van der Waals surface area (Å²) in [7, 11) is 0. The molecule has 0 bridgehead atoms. The maximum Gasteiger partial charge on any atom is 0.335 e. The molecule has 0 aliphatic heterocycles. The third-order valence-electron chi connectivity index (χ3n) is 2.64. The Hall–Kier alpha value is -1.87. The molecule has 0 unspecified atom stereocenters. The standard InChI is InChI=1S/C13H8ClIN2O4/c14-8-2-3-10(9(15)6-8)16-11-5-7(13(18)19)1-4-12(11)17(20)21/h1-6,16H,(H,18,19). The molecular weight excluding hydrogens is 411 g/mol. The van der Waals surface area contributed by atoms with E-state index in [2.05, 4.69) is 5.32 Å². The summed E-state index contributed by atoms with van der Waals surface area (Å²) in [6.07, 6.45) is 0. The smallest absolute Gasteiger partial charge is 0.335 e. The van der Waals surface area contributed by atoms with E-state index in [-0.39, 0.29) is 16.9 Å². The summed E-state index contributed by atoms with van der Waals surface area (Å²) in [6, 6.07) is 8.58. The van der Waals surface area contributed by atoms with Gasteiger partial charge in [-0.15, -0.1) is 0 Å². The Labute approximate surface area is 138 Å². The van der Waals surface area contributed by atoms with Crippen molar-refractivity contribution in [1.29, 1.82) is 0 Å². The lowest BCUT2D eigenvalue weighted by Crippen LogP contribution is -2.02. The first-order valence-electron chi connectivity index (χ1n) is 5.62. The van der Waals surface area contributed by atoms with Crippen LogP contribution >= 0.6 is 34.2 Å². The molecule has 0 amide bonds. The van der Waals surface area contributed by atoms with Gasteiger partial charge in [-0.3, -0.25) is 10.1 Å². The number of carboxylic acids is 1. The van der Waals surface area contributed by atoms with Gasteiger partial charge in [0.2, 0.25) is 0 Å². The minimum absolute atomic E-state index is 0.0351. The number of aromatic carboxylic acids is 1. The van der Waals surface area contributed by atoms with Crippen LogP contribution in [0.1, 0.15) is 10.4 Å². The summed E-state index contributed by atoms with van der Waals surface area (Å²) >= 11 is 7.88. The number of anilines is 2. The van der Waals surface area contributed by atoms with E-state index in [4.69, 9.17) is 16.7 Å². The zero-order valence-electron chi connectivity index (χ0n) is 10.3. The quantitative estimate of drug-likeness (QED) is 0.439. The average Bonchev–Trinajstić information content (AvgIpc) is 2.41. The van der Waals surface area contributed by atoms with Crippen molar-refractivity contribution in [3.05, 3.63) is 60.7 Å². The van der Waals surface area contributed by atoms with Gasteiger partial charge in [-0.25, -0.2) is 4.79 Å². The first-order valence-corrected chi connectivity index (χ1v) is 7.08. The largest absolute Gasteiger partial charge is 0.478 e. The summed E-state index contributed by atoms with van der Waals surface area (Å²) in [5.74, 6) is -1.15. The predicted octanol–water partition coefficient (Wildman–Crippen LogP) is 4.29. The van der Waals surface area contributed by atoms with Gasteiger partial charge in [0, 0.05) is 14.7 Å². The highest BCUT2D eigenvalue weighted by molar-refractivity contribution is 14.1. The van der Waals surface area contributed by atoms with Crippen LogP contribution in [-0.2, 0) is 0 Å². The molecule has 2 aromatic rings. The van der Waals surface area contributed by atoms with E-state index in [1.807, 2.05) is 22.6 Å². The van der Waals surface area contributed by atoms with Crippen LogP contribution in [0.15, 0.2) is 36.4 Å². The minimum atomic E-state index is -1.15. The molecular formula is C13H8ClIN2O4. The molecule has 0 spiro atoms. The summed E-state index contributed by atoms with van der Waals surface area (Å²) in [4.78, 5) is 21.4. The third-order valence-corrected chi connectivity index (χ3v) is 3.77. The maximum atomic E-state index is 11.0. The van der Waals surface area contributed by atoms with Crippen LogP contribution in [0.2, 0.25) is 5.02 Å². The number of hydrogen-bond acceptors (Lipinski definition) is 4. The number of carboxylic acid groups (broad SMARTS) is 1. The van der Waals surface area contributed by atoms with Gasteiger partial charge in [0.1, 0.15) is 5.69 Å². The van der Waals surface area contributed by atoms with Gasteiger partial charge in [-0.2, -0.15) is 0 Å². The van der Waals surface area contributed by atoms with Crippen LogP contribution in [0.4, 0.5) is 17.1 Å². The van der Waals surface area contributed by atoms with Gasteiger partial charge in [0.15, 0.2) is 0 Å². The molecule has 0 saturated heterocycles. The third kappa shape index (κ3) is 3.61. The van der Waals surface area contributed by atoms with E-state index in [0.29, 0.717) is 10.7 Å². The van der Waals surface area contributed by atoms with Gasteiger partial charge in [-0.1, -0.05) is 11.6 Å². The Morgan fingerprint density at radius 2 is 1.95 bits per heavy atom. The van der Waals surface area contributed by atoms with Crippen molar-refractivity contribution in [2.75, 3.05) is 5.32 Å². The number of nitro benzene ring substituents is 1. The Bertz CT molecular complexity index is 736. The summed E-state index contributed by atoms with van der Waals surface area (Å²) in [6.45, 7) is 0. The summed E-state index contributed by atoms with van der Waals surface area (Å²) < 4.78 is 0.759. The van der Waals surface area contributed by atoms with Crippen LogP contribution in [0.3, 0.4) is 0 Å². The van der Waals surface area contributed by atoms with E-state index in [9.17, 15) is 14.9 Å². The topological polar surface area (TPSA) is 92.5 Å². The van der Waals surface area contributed by atoms with Crippen molar-refractivity contribution in [1.82, 2.24) is 0 Å². The maximum absolute atomic E-state index is 11.0. The molecule has 0 saturated carbocycles. The number of rotatable bonds is 4. The number of nitrogens with zero attached hydrogens (tertiary/aromatic N) is 1. The molecule has 0 heterocycles. The number of benzene rings is 2. The monoisotopic (exact) mass is 418 g/mol. The SMILES string of the molecule is O=C(O)c1ccc([N+](=O)[O-])c(Nc2ccc(Cl)cc2I)c1. The number of nitro groups is 1. The molecule has 0 atom stereocenters. The molecule has 2 N–H and O–H groups in total. The van der Waals surface area contributed by atoms with E-state index >= 15 is 0 Å². The van der Waals surface area contributed by atoms with Crippen molar-refractivity contribution >= 4 is 57.2 Å². The molecule has 21 heavy (non-hydrogen) atoms. The van der Waals surface area contributed by atoms with E-state index in [0.717, 1.165) is 9.64 Å². The molecule has 2 rings (SSSR count). The first-order chi connectivity index (χ1) is 9.88. The number of hydrogen-bond donors (Lipinski definition) is 2. The van der Waals surface area contributed by atoms with Crippen LogP contribution in [0.25, 0.3) is 0 Å². The fourth-order valence-electron chi connectivity index (χ4n) is 1.66. The van der Waals surface area contributed by atoms with Crippen molar-refractivity contribution < 1.29 is 14.8 Å². The van der Waals surface area contributed by atoms with Crippen LogP contribution in [-0.4, -0.2) is 16.0 Å². The number of carbonyl (C=O) groups is 1. The molecule has 0 aliphatic carbocycles. The van der Waals surface area contributed by atoms with Crippen molar-refractivity contribution in [2.24, 2.45) is 0 Å². The second-order valence-corrected chi connectivity index (χ2v) is 5.64. The van der Waals surface area contributed by atoms with Crippen molar-refractivity contribution in [3.8, 4) is 0 Å². The lowest BCUT2D eigenvalue weighted by molar-refractivity contribution is -0.383. The lowest BCUT2D eigenvalue weighted by atomic mass is 10.1. The zero-order chi connectivity index (χ0) is 15.6. The van der Waals surface area contributed by atoms with Crippen LogP contribution < -0.4 is 5.32 Å². The van der Waals surface area contributed by atoms with E-state index < -0.39 is 10.9 Å². The Morgan fingerprint density at radius 3 is 2.52 bits per heavy atom. The van der Waals surface area contributed by atoms with E-state index in [1.54, 1.807) is 18.2 Å². The van der Waals surface area contributed by atoms with Crippen LogP contribution in [0, 0.1) is 13.7 Å². The highest BCUT2D eigenvalue weighted by Crippen LogP contribution is 2.31. The minimum Gasteiger partial charge on any atom is -0.478 e. The highest BCUT2D eigenvalue weighted by Gasteiger charge is 2.17. The fraction of sp³-hybridized carbons (Fsp3) is 0. The Morgan fingerprint density at radius 1 is 1.24 bits per heavy atom. The zero-order valence-corrected chi connectivity index (χ0v) is 13.3. The second kappa shape index (κ2) is 6.27. The molecule has 6 nitrogen and oxygen atoms in total. The number of nitrogens with one attached hydrogen (secondary N) is 1.